The van der Waals surface area contributed by atoms with Crippen molar-refractivity contribution in [2.24, 2.45) is 0 Å². The summed E-state index contributed by atoms with van der Waals surface area (Å²) in [6.07, 6.45) is 0. The molecule has 88 valence electrons. The molecule has 3 heteroatoms. The van der Waals surface area contributed by atoms with Gasteiger partial charge in [0.25, 0.3) is 0 Å². The van der Waals surface area contributed by atoms with Crippen molar-refractivity contribution in [3.8, 4) is 0 Å². The Hall–Kier alpha value is -0.930. The molecular weight excluding hydrogens is 205 g/mol. The van der Waals surface area contributed by atoms with Crippen LogP contribution in [0.1, 0.15) is 18.4 Å². The molecule has 1 aliphatic heterocycles. The Bertz CT molecular complexity index is 343. The Morgan fingerprint density at radius 1 is 1.44 bits per heavy atom. The van der Waals surface area contributed by atoms with Gasteiger partial charge in [-0.25, -0.2) is 4.39 Å². The lowest BCUT2D eigenvalue weighted by Crippen LogP contribution is -2.36. The van der Waals surface area contributed by atoms with Gasteiger partial charge in [0.2, 0.25) is 0 Å². The summed E-state index contributed by atoms with van der Waals surface area (Å²) in [7, 11) is 0. The highest BCUT2D eigenvalue weighted by molar-refractivity contribution is 5.26. The molecule has 2 rings (SSSR count). The molecule has 0 radical (unpaired) electrons. The predicted octanol–water partition coefficient (Wildman–Crippen LogP) is 1.81. The summed E-state index contributed by atoms with van der Waals surface area (Å²) < 4.78 is 14.5. The molecule has 1 fully saturated rings. The van der Waals surface area contributed by atoms with Crippen molar-refractivity contribution in [3.63, 3.8) is 0 Å². The van der Waals surface area contributed by atoms with E-state index in [-0.39, 0.29) is 5.92 Å². The first-order valence-electron chi connectivity index (χ1n) is 5.76. The molecule has 1 aromatic rings. The Labute approximate surface area is 95.7 Å². The highest BCUT2D eigenvalue weighted by Gasteiger charge is 2.46. The lowest BCUT2D eigenvalue weighted by molar-refractivity contribution is 0.0657. The third-order valence-electron chi connectivity index (χ3n) is 3.46. The minimum absolute atomic E-state index is 0.210. The van der Waals surface area contributed by atoms with Gasteiger partial charge in [-0.15, -0.1) is 0 Å². The maximum atomic E-state index is 14.5. The Balaban J connectivity index is 2.26. The van der Waals surface area contributed by atoms with Gasteiger partial charge in [-0.05, 0) is 12.1 Å². The van der Waals surface area contributed by atoms with E-state index < -0.39 is 12.3 Å². The molecule has 0 saturated carbocycles. The molecular formula is C13H18FNO. The van der Waals surface area contributed by atoms with Crippen LogP contribution in [0.2, 0.25) is 0 Å². The lowest BCUT2D eigenvalue weighted by atomic mass is 9.87. The number of rotatable bonds is 3. The highest BCUT2D eigenvalue weighted by atomic mass is 19.1. The third-order valence-corrected chi connectivity index (χ3v) is 3.46. The quantitative estimate of drug-likeness (QED) is 0.844. The van der Waals surface area contributed by atoms with Crippen molar-refractivity contribution in [1.29, 1.82) is 0 Å². The number of alkyl halides is 1. The number of likely N-dealkylation sites (tertiary alicyclic amines) is 1. The third kappa shape index (κ3) is 1.97. The first-order valence-corrected chi connectivity index (χ1v) is 5.76. The maximum absolute atomic E-state index is 14.5. The van der Waals surface area contributed by atoms with Crippen LogP contribution < -0.4 is 0 Å². The molecule has 2 nitrogen and oxygen atoms in total. The zero-order valence-electron chi connectivity index (χ0n) is 9.56. The van der Waals surface area contributed by atoms with E-state index in [1.54, 1.807) is 0 Å². The normalized spacial score (nSPS) is 30.8. The number of aliphatic hydroxyl groups is 1. The molecule has 16 heavy (non-hydrogen) atoms. The summed E-state index contributed by atoms with van der Waals surface area (Å²) >= 11 is 0. The second-order valence-corrected chi connectivity index (χ2v) is 4.48. The fraction of sp³-hybridized carbons (Fsp3) is 0.538. The largest absolute Gasteiger partial charge is 0.393 e. The van der Waals surface area contributed by atoms with E-state index in [2.05, 4.69) is 0 Å². The second-order valence-electron chi connectivity index (χ2n) is 4.48. The minimum Gasteiger partial charge on any atom is -0.393 e. The first kappa shape index (κ1) is 11.6. The summed E-state index contributed by atoms with van der Waals surface area (Å²) in [5, 5.41) is 9.27. The van der Waals surface area contributed by atoms with Gasteiger partial charge in [-0.1, -0.05) is 37.3 Å². The summed E-state index contributed by atoms with van der Waals surface area (Å²) in [4.78, 5) is 2.05. The average molecular weight is 223 g/mol. The number of hydrogen-bond acceptors (Lipinski definition) is 2. The topological polar surface area (TPSA) is 23.5 Å². The van der Waals surface area contributed by atoms with Gasteiger partial charge in [0, 0.05) is 19.0 Å². The van der Waals surface area contributed by atoms with E-state index in [0.717, 1.165) is 12.1 Å². The molecule has 1 N–H and O–H groups in total. The number of nitrogens with zero attached hydrogens (tertiary/aromatic N) is 1. The molecule has 1 aromatic carbocycles. The zero-order chi connectivity index (χ0) is 11.6. The van der Waals surface area contributed by atoms with Crippen molar-refractivity contribution in [1.82, 2.24) is 4.90 Å². The highest BCUT2D eigenvalue weighted by Crippen LogP contribution is 2.38. The minimum atomic E-state index is -1.49. The summed E-state index contributed by atoms with van der Waals surface area (Å²) in [6, 6.07) is 9.64. The molecule has 1 heterocycles. The number of likely N-dealkylation sites (N-methyl/N-ethyl adjacent to an activating group) is 1. The van der Waals surface area contributed by atoms with E-state index >= 15 is 0 Å². The Morgan fingerprint density at radius 3 is 2.69 bits per heavy atom. The molecule has 0 aromatic heterocycles. The van der Waals surface area contributed by atoms with Crippen LogP contribution in [0.15, 0.2) is 30.3 Å². The fourth-order valence-corrected chi connectivity index (χ4v) is 2.46. The Morgan fingerprint density at radius 2 is 2.12 bits per heavy atom. The molecule has 2 atom stereocenters. The van der Waals surface area contributed by atoms with Gasteiger partial charge in [0.15, 0.2) is 5.67 Å². The molecule has 1 saturated heterocycles. The lowest BCUT2D eigenvalue weighted by Gasteiger charge is -2.24. The van der Waals surface area contributed by atoms with Crippen molar-refractivity contribution in [3.05, 3.63) is 35.9 Å². The van der Waals surface area contributed by atoms with E-state index in [1.807, 2.05) is 42.2 Å². The monoisotopic (exact) mass is 223 g/mol. The standard InChI is InChI=1S/C13H18FNO/c1-2-15-8-12(13(14,9-15)10-16)11-6-4-3-5-7-11/h3-7,12,16H,2,8-10H2,1H3/t12-,13-/m1/s1. The van der Waals surface area contributed by atoms with Gasteiger partial charge >= 0.3 is 0 Å². The van der Waals surface area contributed by atoms with Gasteiger partial charge in [-0.3, -0.25) is 4.90 Å². The van der Waals surface area contributed by atoms with E-state index in [1.165, 1.54) is 0 Å². The predicted molar refractivity (Wildman–Crippen MR) is 62.2 cm³/mol. The van der Waals surface area contributed by atoms with Gasteiger partial charge < -0.3 is 5.11 Å². The smallest absolute Gasteiger partial charge is 0.154 e. The fourth-order valence-electron chi connectivity index (χ4n) is 2.46. The van der Waals surface area contributed by atoms with E-state index in [4.69, 9.17) is 0 Å². The number of benzene rings is 1. The van der Waals surface area contributed by atoms with Crippen LogP contribution in [0, 0.1) is 0 Å². The molecule has 0 unspecified atom stereocenters. The SMILES string of the molecule is CCN1C[C@H](c2ccccc2)[C@](F)(CO)C1. The van der Waals surface area contributed by atoms with E-state index in [0.29, 0.717) is 13.1 Å². The van der Waals surface area contributed by atoms with Crippen molar-refractivity contribution < 1.29 is 9.50 Å². The van der Waals surface area contributed by atoms with Gasteiger partial charge in [0.1, 0.15) is 0 Å². The van der Waals surface area contributed by atoms with Crippen molar-refractivity contribution in [2.75, 3.05) is 26.2 Å². The van der Waals surface area contributed by atoms with Crippen LogP contribution >= 0.6 is 0 Å². The summed E-state index contributed by atoms with van der Waals surface area (Å²) in [5.74, 6) is -0.210. The number of hydrogen-bond donors (Lipinski definition) is 1. The van der Waals surface area contributed by atoms with Crippen LogP contribution in [0.5, 0.6) is 0 Å². The van der Waals surface area contributed by atoms with Crippen LogP contribution in [0.3, 0.4) is 0 Å². The first-order chi connectivity index (χ1) is 7.69. The van der Waals surface area contributed by atoms with Crippen LogP contribution in [0.25, 0.3) is 0 Å². The number of halogens is 1. The molecule has 0 bridgehead atoms. The summed E-state index contributed by atoms with van der Waals surface area (Å²) in [6.45, 7) is 3.47. The molecule has 0 spiro atoms. The summed E-state index contributed by atoms with van der Waals surface area (Å²) in [5.41, 5.74) is -0.507. The van der Waals surface area contributed by atoms with Crippen LogP contribution in [-0.4, -0.2) is 41.9 Å². The van der Waals surface area contributed by atoms with Crippen molar-refractivity contribution >= 4 is 0 Å². The number of aliphatic hydroxyl groups excluding tert-OH is 1. The van der Waals surface area contributed by atoms with E-state index in [9.17, 15) is 9.50 Å². The van der Waals surface area contributed by atoms with Crippen LogP contribution in [-0.2, 0) is 0 Å². The molecule has 0 aliphatic carbocycles. The van der Waals surface area contributed by atoms with Gasteiger partial charge in [0.05, 0.1) is 6.61 Å². The van der Waals surface area contributed by atoms with Gasteiger partial charge in [-0.2, -0.15) is 0 Å². The zero-order valence-corrected chi connectivity index (χ0v) is 9.56. The average Bonchev–Trinajstić information content (AvgIpc) is 2.69. The van der Waals surface area contributed by atoms with Crippen LogP contribution in [0.4, 0.5) is 4.39 Å². The Kier molecular flexibility index (Phi) is 3.26. The maximum Gasteiger partial charge on any atom is 0.154 e. The van der Waals surface area contributed by atoms with Crippen molar-refractivity contribution in [2.45, 2.75) is 18.5 Å². The molecule has 0 amide bonds. The molecule has 1 aliphatic rings. The second kappa shape index (κ2) is 4.52.